The smallest absolute Gasteiger partial charge is 0.0478 e. The number of nitrogens with one attached hydrogen (secondary N) is 1. The molecule has 0 fully saturated rings. The average Bonchev–Trinajstić information content (AvgIpc) is 2.21. The average molecular weight is 216 g/mol. The summed E-state index contributed by atoms with van der Waals surface area (Å²) in [5.74, 6) is 0. The Morgan fingerprint density at radius 1 is 1.20 bits per heavy atom. The molecule has 0 spiro atoms. The second-order valence-corrected chi connectivity index (χ2v) is 4.09. The second-order valence-electron chi connectivity index (χ2n) is 4.09. The Labute approximate surface area is 95.2 Å². The lowest BCUT2D eigenvalue weighted by atomic mass is 10.3. The summed E-state index contributed by atoms with van der Waals surface area (Å²) in [5, 5.41) is 3.44. The summed E-state index contributed by atoms with van der Waals surface area (Å²) in [4.78, 5) is 2.47. The zero-order chi connectivity index (χ0) is 11.5. The number of nitrogens with zero attached hydrogens (tertiary/aromatic N) is 1. The minimum atomic E-state index is 0.590. The highest BCUT2D eigenvalue weighted by Crippen LogP contribution is 1.92. The van der Waals surface area contributed by atoms with Crippen LogP contribution in [0.2, 0.25) is 0 Å². The molecule has 0 atom stereocenters. The van der Waals surface area contributed by atoms with Crippen molar-refractivity contribution in [1.82, 2.24) is 10.2 Å². The minimum Gasteiger partial charge on any atom is -0.382 e. The van der Waals surface area contributed by atoms with Crippen LogP contribution >= 0.6 is 0 Å². The molecular weight excluding hydrogens is 188 g/mol. The maximum atomic E-state index is 5.33. The van der Waals surface area contributed by atoms with Crippen LogP contribution in [0.4, 0.5) is 0 Å². The minimum absolute atomic E-state index is 0.590. The summed E-state index contributed by atoms with van der Waals surface area (Å²) in [6, 6.07) is 0.590. The van der Waals surface area contributed by atoms with Crippen molar-refractivity contribution in [3.8, 4) is 0 Å². The van der Waals surface area contributed by atoms with Crippen molar-refractivity contribution < 1.29 is 4.74 Å². The highest BCUT2D eigenvalue weighted by atomic mass is 16.5. The lowest BCUT2D eigenvalue weighted by Crippen LogP contribution is -2.35. The van der Waals surface area contributed by atoms with Crippen LogP contribution in [0.1, 0.15) is 34.1 Å². The summed E-state index contributed by atoms with van der Waals surface area (Å²) in [6.45, 7) is 14.9. The molecule has 0 unspecified atom stereocenters. The SMILES string of the molecule is CCOCCCN(CC)CCNC(C)C. The predicted molar refractivity (Wildman–Crippen MR) is 66.4 cm³/mol. The van der Waals surface area contributed by atoms with Gasteiger partial charge in [-0.3, -0.25) is 0 Å². The van der Waals surface area contributed by atoms with E-state index in [1.165, 1.54) is 0 Å². The molecule has 0 aliphatic rings. The van der Waals surface area contributed by atoms with E-state index in [1.807, 2.05) is 6.92 Å². The van der Waals surface area contributed by atoms with E-state index < -0.39 is 0 Å². The van der Waals surface area contributed by atoms with E-state index >= 15 is 0 Å². The van der Waals surface area contributed by atoms with Crippen LogP contribution in [0.25, 0.3) is 0 Å². The maximum absolute atomic E-state index is 5.33. The van der Waals surface area contributed by atoms with Crippen molar-refractivity contribution in [2.75, 3.05) is 39.4 Å². The highest BCUT2D eigenvalue weighted by molar-refractivity contribution is 4.60. The summed E-state index contributed by atoms with van der Waals surface area (Å²) in [6.07, 6.45) is 1.14. The van der Waals surface area contributed by atoms with Gasteiger partial charge in [0.1, 0.15) is 0 Å². The molecule has 0 rings (SSSR count). The molecule has 3 heteroatoms. The Hall–Kier alpha value is -0.120. The molecule has 0 aromatic carbocycles. The zero-order valence-electron chi connectivity index (χ0n) is 10.9. The van der Waals surface area contributed by atoms with E-state index in [0.29, 0.717) is 6.04 Å². The van der Waals surface area contributed by atoms with Crippen molar-refractivity contribution in [2.24, 2.45) is 0 Å². The second kappa shape index (κ2) is 10.4. The van der Waals surface area contributed by atoms with Crippen LogP contribution in [-0.4, -0.2) is 50.3 Å². The fraction of sp³-hybridized carbons (Fsp3) is 1.00. The first-order valence-corrected chi connectivity index (χ1v) is 6.24. The number of rotatable bonds is 10. The first-order chi connectivity index (χ1) is 7.20. The fourth-order valence-corrected chi connectivity index (χ4v) is 1.47. The first kappa shape index (κ1) is 14.9. The van der Waals surface area contributed by atoms with Gasteiger partial charge >= 0.3 is 0 Å². The summed E-state index contributed by atoms with van der Waals surface area (Å²) < 4.78 is 5.33. The van der Waals surface area contributed by atoms with Crippen molar-refractivity contribution in [2.45, 2.75) is 40.2 Å². The molecule has 0 amide bonds. The van der Waals surface area contributed by atoms with Crippen LogP contribution in [0.5, 0.6) is 0 Å². The fourth-order valence-electron chi connectivity index (χ4n) is 1.47. The van der Waals surface area contributed by atoms with Crippen LogP contribution in [0.15, 0.2) is 0 Å². The van der Waals surface area contributed by atoms with Gasteiger partial charge in [-0.2, -0.15) is 0 Å². The van der Waals surface area contributed by atoms with Crippen molar-refractivity contribution >= 4 is 0 Å². The topological polar surface area (TPSA) is 24.5 Å². The van der Waals surface area contributed by atoms with Gasteiger partial charge in [0, 0.05) is 38.9 Å². The normalized spacial score (nSPS) is 11.6. The van der Waals surface area contributed by atoms with E-state index in [0.717, 1.165) is 45.8 Å². The summed E-state index contributed by atoms with van der Waals surface area (Å²) in [5.41, 5.74) is 0. The first-order valence-electron chi connectivity index (χ1n) is 6.24. The molecule has 0 aromatic heterocycles. The highest BCUT2D eigenvalue weighted by Gasteiger charge is 2.01. The van der Waals surface area contributed by atoms with Crippen LogP contribution in [0.3, 0.4) is 0 Å². The van der Waals surface area contributed by atoms with Gasteiger partial charge in [-0.1, -0.05) is 20.8 Å². The van der Waals surface area contributed by atoms with Gasteiger partial charge in [0.2, 0.25) is 0 Å². The lowest BCUT2D eigenvalue weighted by molar-refractivity contribution is 0.132. The molecule has 0 aromatic rings. The molecule has 0 saturated heterocycles. The number of hydrogen-bond acceptors (Lipinski definition) is 3. The van der Waals surface area contributed by atoms with Gasteiger partial charge in [-0.25, -0.2) is 0 Å². The van der Waals surface area contributed by atoms with Crippen molar-refractivity contribution in [1.29, 1.82) is 0 Å². The van der Waals surface area contributed by atoms with E-state index in [-0.39, 0.29) is 0 Å². The predicted octanol–water partition coefficient (Wildman–Crippen LogP) is 1.73. The van der Waals surface area contributed by atoms with Crippen molar-refractivity contribution in [3.05, 3.63) is 0 Å². The molecule has 92 valence electrons. The largest absolute Gasteiger partial charge is 0.382 e. The van der Waals surface area contributed by atoms with Gasteiger partial charge in [0.05, 0.1) is 0 Å². The Balaban J connectivity index is 3.38. The van der Waals surface area contributed by atoms with Crippen LogP contribution in [-0.2, 0) is 4.74 Å². The molecule has 0 aliphatic heterocycles. The third-order valence-corrected chi connectivity index (χ3v) is 2.39. The number of likely N-dealkylation sites (N-methyl/N-ethyl adjacent to an activating group) is 1. The van der Waals surface area contributed by atoms with E-state index in [9.17, 15) is 0 Å². The Bertz CT molecular complexity index is 129. The zero-order valence-corrected chi connectivity index (χ0v) is 10.9. The molecule has 0 saturated carbocycles. The third kappa shape index (κ3) is 10.2. The standard InChI is InChI=1S/C12H28N2O/c1-5-14(9-7-11-15-6-2)10-8-13-12(3)4/h12-13H,5-11H2,1-4H3. The van der Waals surface area contributed by atoms with E-state index in [1.54, 1.807) is 0 Å². The van der Waals surface area contributed by atoms with Crippen molar-refractivity contribution in [3.63, 3.8) is 0 Å². The molecular formula is C12H28N2O. The molecule has 0 bridgehead atoms. The Morgan fingerprint density at radius 2 is 1.93 bits per heavy atom. The van der Waals surface area contributed by atoms with Gasteiger partial charge < -0.3 is 15.0 Å². The molecule has 1 N–H and O–H groups in total. The van der Waals surface area contributed by atoms with Gasteiger partial charge in [-0.05, 0) is 19.9 Å². The summed E-state index contributed by atoms with van der Waals surface area (Å²) >= 11 is 0. The number of ether oxygens (including phenoxy) is 1. The molecule has 15 heavy (non-hydrogen) atoms. The third-order valence-electron chi connectivity index (χ3n) is 2.39. The van der Waals surface area contributed by atoms with E-state index in [4.69, 9.17) is 4.74 Å². The summed E-state index contributed by atoms with van der Waals surface area (Å²) in [7, 11) is 0. The van der Waals surface area contributed by atoms with Gasteiger partial charge in [0.15, 0.2) is 0 Å². The molecule has 0 heterocycles. The van der Waals surface area contributed by atoms with Gasteiger partial charge in [-0.15, -0.1) is 0 Å². The van der Waals surface area contributed by atoms with Crippen LogP contribution < -0.4 is 5.32 Å². The lowest BCUT2D eigenvalue weighted by Gasteiger charge is -2.21. The quantitative estimate of drug-likeness (QED) is 0.563. The van der Waals surface area contributed by atoms with Crippen LogP contribution in [0, 0.1) is 0 Å². The molecule has 0 radical (unpaired) electrons. The Kier molecular flexibility index (Phi) is 10.3. The van der Waals surface area contributed by atoms with E-state index in [2.05, 4.69) is 31.0 Å². The molecule has 3 nitrogen and oxygen atoms in total. The van der Waals surface area contributed by atoms with Gasteiger partial charge in [0.25, 0.3) is 0 Å². The Morgan fingerprint density at radius 3 is 2.47 bits per heavy atom. The maximum Gasteiger partial charge on any atom is 0.0478 e. The number of hydrogen-bond donors (Lipinski definition) is 1. The monoisotopic (exact) mass is 216 g/mol. The molecule has 0 aliphatic carbocycles.